The molecule has 2 heterocycles. The molecule has 1 saturated heterocycles. The van der Waals surface area contributed by atoms with Crippen LogP contribution in [-0.4, -0.2) is 40.9 Å². The van der Waals surface area contributed by atoms with Crippen molar-refractivity contribution >= 4 is 38.6 Å². The van der Waals surface area contributed by atoms with Crippen LogP contribution in [0.3, 0.4) is 0 Å². The van der Waals surface area contributed by atoms with Crippen molar-refractivity contribution < 1.29 is 9.84 Å². The van der Waals surface area contributed by atoms with Gasteiger partial charge in [-0.05, 0) is 54.0 Å². The Hall–Kier alpha value is -1.47. The zero-order valence-electron chi connectivity index (χ0n) is 16.9. The number of thioether (sulfide) groups is 1. The molecule has 0 bridgehead atoms. The third-order valence-corrected chi connectivity index (χ3v) is 7.04. The molecular weight excluding hydrogens is 448 g/mol. The average Bonchev–Trinajstić information content (AvgIpc) is 3.09. The summed E-state index contributed by atoms with van der Waals surface area (Å²) in [7, 11) is 0. The summed E-state index contributed by atoms with van der Waals surface area (Å²) in [5.74, 6) is 1.25. The summed E-state index contributed by atoms with van der Waals surface area (Å²) in [6, 6.07) is 15.2. The summed E-state index contributed by atoms with van der Waals surface area (Å²) in [4.78, 5) is 3.63. The Morgan fingerprint density at radius 3 is 2.55 bits per heavy atom. The summed E-state index contributed by atoms with van der Waals surface area (Å²) in [6.07, 6.45) is 0. The van der Waals surface area contributed by atoms with Gasteiger partial charge in [0, 0.05) is 53.0 Å². The quantitative estimate of drug-likeness (QED) is 0.457. The number of fused-ring (bicyclic) bond motifs is 1. The number of ether oxygens (including phenoxy) is 1. The van der Waals surface area contributed by atoms with Crippen LogP contribution in [0, 0.1) is 0 Å². The summed E-state index contributed by atoms with van der Waals surface area (Å²) in [5, 5.41) is 12.0. The summed E-state index contributed by atoms with van der Waals surface area (Å²) in [6.45, 7) is 8.48. The van der Waals surface area contributed by atoms with Crippen molar-refractivity contribution in [1.82, 2.24) is 9.47 Å². The topological polar surface area (TPSA) is 37.6 Å². The number of hydrogen-bond acceptors (Lipinski definition) is 4. The highest BCUT2D eigenvalue weighted by molar-refractivity contribution is 9.10. The minimum atomic E-state index is 0.339. The molecule has 0 saturated carbocycles. The van der Waals surface area contributed by atoms with Gasteiger partial charge in [0.25, 0.3) is 0 Å². The molecule has 0 spiro atoms. The van der Waals surface area contributed by atoms with Crippen LogP contribution in [0.25, 0.3) is 10.9 Å². The number of morpholine rings is 1. The molecule has 0 amide bonds. The normalized spacial score (nSPS) is 15.4. The molecule has 1 N–H and O–H groups in total. The van der Waals surface area contributed by atoms with E-state index in [2.05, 4.69) is 75.6 Å². The molecule has 3 aromatic rings. The highest BCUT2D eigenvalue weighted by Crippen LogP contribution is 2.39. The van der Waals surface area contributed by atoms with Crippen molar-refractivity contribution in [2.24, 2.45) is 0 Å². The molecule has 0 unspecified atom stereocenters. The van der Waals surface area contributed by atoms with Crippen molar-refractivity contribution in [3.8, 4) is 5.75 Å². The zero-order chi connectivity index (χ0) is 20.4. The minimum Gasteiger partial charge on any atom is -0.506 e. The van der Waals surface area contributed by atoms with Gasteiger partial charge in [0.2, 0.25) is 0 Å². The fourth-order valence-corrected chi connectivity index (χ4v) is 5.32. The number of phenols is 1. The number of benzene rings is 2. The number of aromatic nitrogens is 1. The monoisotopic (exact) mass is 474 g/mol. The van der Waals surface area contributed by atoms with Gasteiger partial charge in [-0.15, -0.1) is 11.8 Å². The van der Waals surface area contributed by atoms with Gasteiger partial charge in [0.1, 0.15) is 5.75 Å². The SMILES string of the molecule is CC(C)n1c(CSc2ccccc2)cc2c(CN3CCOCC3)c(O)c(Br)cc21. The predicted octanol–water partition coefficient (Wildman–Crippen LogP) is 5.81. The maximum absolute atomic E-state index is 10.9. The van der Waals surface area contributed by atoms with Crippen molar-refractivity contribution in [3.63, 3.8) is 0 Å². The van der Waals surface area contributed by atoms with Crippen LogP contribution >= 0.6 is 27.7 Å². The molecule has 0 atom stereocenters. The predicted molar refractivity (Wildman–Crippen MR) is 124 cm³/mol. The maximum atomic E-state index is 10.9. The lowest BCUT2D eigenvalue weighted by atomic mass is 10.1. The van der Waals surface area contributed by atoms with Gasteiger partial charge in [-0.3, -0.25) is 4.90 Å². The van der Waals surface area contributed by atoms with Crippen molar-refractivity contribution in [1.29, 1.82) is 0 Å². The fourth-order valence-electron chi connectivity index (χ4n) is 3.98. The first-order valence-electron chi connectivity index (χ1n) is 10.1. The van der Waals surface area contributed by atoms with Crippen LogP contribution in [0.15, 0.2) is 51.8 Å². The molecule has 1 aliphatic heterocycles. The fraction of sp³-hybridized carbons (Fsp3) is 0.391. The van der Waals surface area contributed by atoms with E-state index in [-0.39, 0.29) is 0 Å². The van der Waals surface area contributed by atoms with E-state index in [1.807, 2.05) is 17.8 Å². The smallest absolute Gasteiger partial charge is 0.135 e. The Morgan fingerprint density at radius 1 is 1.14 bits per heavy atom. The van der Waals surface area contributed by atoms with Gasteiger partial charge in [0.05, 0.1) is 23.2 Å². The van der Waals surface area contributed by atoms with E-state index < -0.39 is 0 Å². The summed E-state index contributed by atoms with van der Waals surface area (Å²) in [5.41, 5.74) is 3.46. The van der Waals surface area contributed by atoms with Gasteiger partial charge in [-0.25, -0.2) is 0 Å². The molecule has 4 nitrogen and oxygen atoms in total. The van der Waals surface area contributed by atoms with E-state index in [1.165, 1.54) is 16.1 Å². The number of phenolic OH excluding ortho intramolecular Hbond substituents is 1. The Kier molecular flexibility index (Phi) is 6.54. The minimum absolute atomic E-state index is 0.339. The lowest BCUT2D eigenvalue weighted by Gasteiger charge is -2.27. The lowest BCUT2D eigenvalue weighted by molar-refractivity contribution is 0.0340. The van der Waals surface area contributed by atoms with E-state index in [4.69, 9.17) is 4.74 Å². The highest BCUT2D eigenvalue weighted by Gasteiger charge is 2.21. The Morgan fingerprint density at radius 2 is 1.86 bits per heavy atom. The first-order chi connectivity index (χ1) is 14.0. The summed E-state index contributed by atoms with van der Waals surface area (Å²) >= 11 is 5.44. The Bertz CT molecular complexity index is 982. The summed E-state index contributed by atoms with van der Waals surface area (Å²) < 4.78 is 8.65. The Labute approximate surface area is 185 Å². The first-order valence-corrected chi connectivity index (χ1v) is 11.8. The Balaban J connectivity index is 1.74. The number of nitrogens with zero attached hydrogens (tertiary/aromatic N) is 2. The van der Waals surface area contributed by atoms with E-state index in [0.717, 1.165) is 54.0 Å². The van der Waals surface area contributed by atoms with Crippen molar-refractivity contribution in [3.05, 3.63) is 58.2 Å². The standard InChI is InChI=1S/C23H27BrN2O2S/c1-16(2)26-17(15-29-18-6-4-3-5-7-18)12-19-20(14-25-8-10-28-11-9-25)23(27)21(24)13-22(19)26/h3-7,12-13,16,27H,8-11,14-15H2,1-2H3. The van der Waals surface area contributed by atoms with Crippen LogP contribution in [0.5, 0.6) is 5.75 Å². The molecule has 1 aliphatic rings. The molecule has 2 aromatic carbocycles. The molecule has 1 fully saturated rings. The van der Waals surface area contributed by atoms with Gasteiger partial charge < -0.3 is 14.4 Å². The first kappa shape index (κ1) is 20.8. The molecular formula is C23H27BrN2O2S. The van der Waals surface area contributed by atoms with Crippen molar-refractivity contribution in [2.45, 2.75) is 37.1 Å². The molecule has 0 radical (unpaired) electrons. The van der Waals surface area contributed by atoms with E-state index >= 15 is 0 Å². The van der Waals surface area contributed by atoms with Gasteiger partial charge >= 0.3 is 0 Å². The largest absolute Gasteiger partial charge is 0.506 e. The molecule has 29 heavy (non-hydrogen) atoms. The number of rotatable bonds is 6. The van der Waals surface area contributed by atoms with Crippen LogP contribution in [-0.2, 0) is 17.0 Å². The van der Waals surface area contributed by atoms with Gasteiger partial charge in [-0.2, -0.15) is 0 Å². The second kappa shape index (κ2) is 9.13. The van der Waals surface area contributed by atoms with Gasteiger partial charge in [-0.1, -0.05) is 18.2 Å². The van der Waals surface area contributed by atoms with E-state index in [1.54, 1.807) is 0 Å². The number of halogens is 1. The zero-order valence-corrected chi connectivity index (χ0v) is 19.3. The second-order valence-electron chi connectivity index (χ2n) is 7.71. The van der Waals surface area contributed by atoms with Crippen LogP contribution in [0.4, 0.5) is 0 Å². The third kappa shape index (κ3) is 4.50. The highest BCUT2D eigenvalue weighted by atomic mass is 79.9. The molecule has 6 heteroatoms. The maximum Gasteiger partial charge on any atom is 0.135 e. The number of aromatic hydroxyl groups is 1. The molecule has 4 rings (SSSR count). The van der Waals surface area contributed by atoms with E-state index in [9.17, 15) is 5.11 Å². The van der Waals surface area contributed by atoms with E-state index in [0.29, 0.717) is 11.8 Å². The number of hydrogen-bond donors (Lipinski definition) is 1. The molecule has 1 aromatic heterocycles. The third-order valence-electron chi connectivity index (χ3n) is 5.39. The van der Waals surface area contributed by atoms with Crippen LogP contribution in [0.2, 0.25) is 0 Å². The second-order valence-corrected chi connectivity index (χ2v) is 9.61. The average molecular weight is 475 g/mol. The van der Waals surface area contributed by atoms with Crippen molar-refractivity contribution in [2.75, 3.05) is 26.3 Å². The van der Waals surface area contributed by atoms with Crippen LogP contribution in [0.1, 0.15) is 31.1 Å². The molecule has 154 valence electrons. The van der Waals surface area contributed by atoms with Crippen LogP contribution < -0.4 is 0 Å². The molecule has 0 aliphatic carbocycles. The lowest BCUT2D eigenvalue weighted by Crippen LogP contribution is -2.35. The van der Waals surface area contributed by atoms with Gasteiger partial charge in [0.15, 0.2) is 0 Å².